The molecule has 1 heterocycles. The van der Waals surface area contributed by atoms with Crippen LogP contribution < -0.4 is 5.32 Å². The first kappa shape index (κ1) is 17.0. The molecule has 0 radical (unpaired) electrons. The molecule has 0 amide bonds. The molecule has 0 fully saturated rings. The van der Waals surface area contributed by atoms with E-state index in [0.29, 0.717) is 0 Å². The fourth-order valence-corrected chi connectivity index (χ4v) is 2.09. The summed E-state index contributed by atoms with van der Waals surface area (Å²) < 4.78 is 5.02. The maximum absolute atomic E-state index is 5.02. The Morgan fingerprint density at radius 3 is 2.65 bits per heavy atom. The van der Waals surface area contributed by atoms with Gasteiger partial charge in [0.05, 0.1) is 12.3 Å². The van der Waals surface area contributed by atoms with Crippen molar-refractivity contribution in [3.8, 4) is 0 Å². The quantitative estimate of drug-likeness (QED) is 0.657. The van der Waals surface area contributed by atoms with Crippen molar-refractivity contribution in [1.82, 2.24) is 20.2 Å². The first-order valence-corrected chi connectivity index (χ1v) is 7.45. The summed E-state index contributed by atoms with van der Waals surface area (Å²) in [7, 11) is 1.71. The molecule has 114 valence electrons. The highest BCUT2D eigenvalue weighted by molar-refractivity contribution is 5.10. The molecular formula is C15H28N4O. The molecule has 5 nitrogen and oxygen atoms in total. The molecule has 1 aromatic rings. The van der Waals surface area contributed by atoms with Gasteiger partial charge in [-0.1, -0.05) is 13.8 Å². The van der Waals surface area contributed by atoms with Crippen LogP contribution in [0.1, 0.15) is 31.1 Å². The van der Waals surface area contributed by atoms with Gasteiger partial charge >= 0.3 is 0 Å². The van der Waals surface area contributed by atoms with Crippen molar-refractivity contribution in [3.05, 3.63) is 23.3 Å². The Balaban J connectivity index is 2.52. The zero-order valence-electron chi connectivity index (χ0n) is 13.3. The number of nitrogens with one attached hydrogen (secondary N) is 1. The Morgan fingerprint density at radius 1 is 1.25 bits per heavy atom. The smallest absolute Gasteiger partial charge is 0.130 e. The van der Waals surface area contributed by atoms with Crippen molar-refractivity contribution in [1.29, 1.82) is 0 Å². The van der Waals surface area contributed by atoms with Gasteiger partial charge in [0.1, 0.15) is 5.82 Å². The van der Waals surface area contributed by atoms with Crippen LogP contribution in [0, 0.1) is 6.92 Å². The zero-order chi connectivity index (χ0) is 14.8. The summed E-state index contributed by atoms with van der Waals surface area (Å²) >= 11 is 0. The maximum Gasteiger partial charge on any atom is 0.130 e. The number of nitrogens with zero attached hydrogens (tertiary/aromatic N) is 3. The van der Waals surface area contributed by atoms with Crippen LogP contribution in [-0.2, 0) is 17.7 Å². The fourth-order valence-electron chi connectivity index (χ4n) is 2.09. The van der Waals surface area contributed by atoms with Gasteiger partial charge in [0.15, 0.2) is 0 Å². The molecule has 0 bridgehead atoms. The van der Waals surface area contributed by atoms with E-state index in [2.05, 4.69) is 34.0 Å². The molecule has 1 N–H and O–H groups in total. The number of hydrogen-bond donors (Lipinski definition) is 1. The topological polar surface area (TPSA) is 50.3 Å². The lowest BCUT2D eigenvalue weighted by atomic mass is 10.3. The molecule has 0 atom stereocenters. The Bertz CT molecular complexity index is 380. The average Bonchev–Trinajstić information content (AvgIpc) is 2.44. The van der Waals surface area contributed by atoms with Crippen molar-refractivity contribution in [2.75, 3.05) is 39.9 Å². The maximum atomic E-state index is 5.02. The molecule has 20 heavy (non-hydrogen) atoms. The minimum absolute atomic E-state index is 0.721. The number of rotatable bonds is 10. The van der Waals surface area contributed by atoms with E-state index < -0.39 is 0 Å². The van der Waals surface area contributed by atoms with E-state index in [1.807, 2.05) is 13.0 Å². The standard InChI is InChI=1S/C15H28N4O/c1-5-19(6-2)9-7-15-17-13(3)11-14(18-15)12-16-8-10-20-4/h11,16H,5-10,12H2,1-4H3. The second-order valence-corrected chi connectivity index (χ2v) is 4.86. The predicted octanol–water partition coefficient (Wildman–Crippen LogP) is 1.41. The van der Waals surface area contributed by atoms with Crippen LogP contribution in [0.15, 0.2) is 6.07 Å². The van der Waals surface area contributed by atoms with Crippen LogP contribution in [0.3, 0.4) is 0 Å². The molecule has 0 spiro atoms. The Kier molecular flexibility index (Phi) is 8.34. The van der Waals surface area contributed by atoms with E-state index in [1.54, 1.807) is 7.11 Å². The summed E-state index contributed by atoms with van der Waals surface area (Å²) in [5, 5.41) is 3.32. The highest BCUT2D eigenvalue weighted by Crippen LogP contribution is 2.02. The summed E-state index contributed by atoms with van der Waals surface area (Å²) in [5.74, 6) is 0.945. The molecule has 0 saturated carbocycles. The summed E-state index contributed by atoms with van der Waals surface area (Å²) in [6, 6.07) is 2.04. The van der Waals surface area contributed by atoms with Gasteiger partial charge in [0.25, 0.3) is 0 Å². The number of aryl methyl sites for hydroxylation is 1. The zero-order valence-corrected chi connectivity index (χ0v) is 13.3. The van der Waals surface area contributed by atoms with Gasteiger partial charge in [-0.3, -0.25) is 0 Å². The third kappa shape index (κ3) is 6.41. The lowest BCUT2D eigenvalue weighted by Gasteiger charge is -2.17. The van der Waals surface area contributed by atoms with Crippen molar-refractivity contribution in [2.24, 2.45) is 0 Å². The molecule has 0 aliphatic heterocycles. The minimum atomic E-state index is 0.721. The van der Waals surface area contributed by atoms with E-state index >= 15 is 0 Å². The highest BCUT2D eigenvalue weighted by Gasteiger charge is 2.05. The summed E-state index contributed by atoms with van der Waals surface area (Å²) in [5.41, 5.74) is 2.10. The molecular weight excluding hydrogens is 252 g/mol. The monoisotopic (exact) mass is 280 g/mol. The molecule has 1 aromatic heterocycles. The number of aromatic nitrogens is 2. The van der Waals surface area contributed by atoms with Crippen molar-refractivity contribution < 1.29 is 4.74 Å². The van der Waals surface area contributed by atoms with E-state index in [9.17, 15) is 0 Å². The van der Waals surface area contributed by atoms with Gasteiger partial charge < -0.3 is 15.0 Å². The summed E-state index contributed by atoms with van der Waals surface area (Å²) in [6.07, 6.45) is 0.911. The van der Waals surface area contributed by atoms with Crippen molar-refractivity contribution in [3.63, 3.8) is 0 Å². The van der Waals surface area contributed by atoms with Crippen LogP contribution in [0.2, 0.25) is 0 Å². The first-order chi connectivity index (χ1) is 9.69. The SMILES string of the molecule is CCN(CC)CCc1nc(C)cc(CNCCOC)n1. The molecule has 1 rings (SSSR count). The van der Waals surface area contributed by atoms with Gasteiger partial charge in [-0.15, -0.1) is 0 Å². The second-order valence-electron chi connectivity index (χ2n) is 4.86. The van der Waals surface area contributed by atoms with Gasteiger partial charge in [-0.25, -0.2) is 9.97 Å². The van der Waals surface area contributed by atoms with Gasteiger partial charge in [0, 0.05) is 38.9 Å². The van der Waals surface area contributed by atoms with Crippen LogP contribution in [0.25, 0.3) is 0 Å². The van der Waals surface area contributed by atoms with Crippen LogP contribution >= 0.6 is 0 Å². The molecule has 5 heteroatoms. The summed E-state index contributed by atoms with van der Waals surface area (Å²) in [6.45, 7) is 11.9. The number of methoxy groups -OCH3 is 1. The summed E-state index contributed by atoms with van der Waals surface area (Å²) in [4.78, 5) is 11.6. The Labute approximate surface area is 122 Å². The Hall–Kier alpha value is -1.04. The number of ether oxygens (including phenoxy) is 1. The van der Waals surface area contributed by atoms with Crippen LogP contribution in [-0.4, -0.2) is 54.8 Å². The number of likely N-dealkylation sites (N-methyl/N-ethyl adjacent to an activating group) is 1. The van der Waals surface area contributed by atoms with Gasteiger partial charge in [0.2, 0.25) is 0 Å². The van der Waals surface area contributed by atoms with E-state index in [0.717, 1.165) is 63.0 Å². The second kappa shape index (κ2) is 9.80. The minimum Gasteiger partial charge on any atom is -0.383 e. The predicted molar refractivity (Wildman–Crippen MR) is 81.8 cm³/mol. The molecule has 0 aromatic carbocycles. The normalized spacial score (nSPS) is 11.2. The first-order valence-electron chi connectivity index (χ1n) is 7.45. The van der Waals surface area contributed by atoms with Crippen molar-refractivity contribution >= 4 is 0 Å². The van der Waals surface area contributed by atoms with Gasteiger partial charge in [-0.05, 0) is 26.1 Å². The molecule has 0 aliphatic rings. The average molecular weight is 280 g/mol. The van der Waals surface area contributed by atoms with E-state index in [-0.39, 0.29) is 0 Å². The largest absolute Gasteiger partial charge is 0.383 e. The van der Waals surface area contributed by atoms with Gasteiger partial charge in [-0.2, -0.15) is 0 Å². The van der Waals surface area contributed by atoms with E-state index in [1.165, 1.54) is 0 Å². The Morgan fingerprint density at radius 2 is 2.00 bits per heavy atom. The third-order valence-electron chi connectivity index (χ3n) is 3.29. The van der Waals surface area contributed by atoms with Crippen molar-refractivity contribution in [2.45, 2.75) is 33.7 Å². The third-order valence-corrected chi connectivity index (χ3v) is 3.29. The lowest BCUT2D eigenvalue weighted by Crippen LogP contribution is -2.26. The van der Waals surface area contributed by atoms with Crippen LogP contribution in [0.4, 0.5) is 0 Å². The molecule has 0 unspecified atom stereocenters. The molecule has 0 aliphatic carbocycles. The van der Waals surface area contributed by atoms with E-state index in [4.69, 9.17) is 4.74 Å². The van der Waals surface area contributed by atoms with Crippen LogP contribution in [0.5, 0.6) is 0 Å². The highest BCUT2D eigenvalue weighted by atomic mass is 16.5. The number of hydrogen-bond acceptors (Lipinski definition) is 5. The fraction of sp³-hybridized carbons (Fsp3) is 0.733. The molecule has 0 saturated heterocycles. The lowest BCUT2D eigenvalue weighted by molar-refractivity contribution is 0.199.